The van der Waals surface area contributed by atoms with Crippen LogP contribution in [-0.2, 0) is 20.8 Å². The molecule has 0 saturated heterocycles. The average Bonchev–Trinajstić information content (AvgIpc) is 2.96. The second kappa shape index (κ2) is 14.6. The molecule has 0 aliphatic carbocycles. The standard InChI is InChI=1S/C28H30N4O7/c1-36-23-6-4-5-21(16-23)31-26(33)18-39-22-10-7-20(8-11-22)17-30-32-28(35)27(34)29-14-13-19-9-12-24(37-2)25(15-19)38-3/h4-12,15-17H,13-14,18H2,1-3H3,(H,29,34)(H,31,33)(H,32,35)/b30-17-. The van der Waals surface area contributed by atoms with Gasteiger partial charge in [0.05, 0.1) is 27.5 Å². The SMILES string of the molecule is COc1cccc(NC(=O)COc2ccc(/C=N\NC(=O)C(=O)NCCc3ccc(OC)c(OC)c3)cc2)c1. The maximum Gasteiger partial charge on any atom is 0.329 e. The van der Waals surface area contributed by atoms with Crippen LogP contribution in [0.4, 0.5) is 5.69 Å². The summed E-state index contributed by atoms with van der Waals surface area (Å²) in [5, 5.41) is 9.08. The summed E-state index contributed by atoms with van der Waals surface area (Å²) >= 11 is 0. The lowest BCUT2D eigenvalue weighted by molar-refractivity contribution is -0.139. The number of nitrogens with one attached hydrogen (secondary N) is 3. The minimum Gasteiger partial charge on any atom is -0.497 e. The molecule has 3 aromatic rings. The van der Waals surface area contributed by atoms with E-state index in [1.807, 2.05) is 12.1 Å². The van der Waals surface area contributed by atoms with E-state index >= 15 is 0 Å². The molecule has 0 aliphatic heterocycles. The van der Waals surface area contributed by atoms with Gasteiger partial charge in [0.2, 0.25) is 0 Å². The lowest BCUT2D eigenvalue weighted by Crippen LogP contribution is -2.38. The quantitative estimate of drug-likeness (QED) is 0.185. The van der Waals surface area contributed by atoms with E-state index in [9.17, 15) is 14.4 Å². The molecule has 0 aromatic heterocycles. The molecule has 0 saturated carbocycles. The van der Waals surface area contributed by atoms with E-state index in [0.29, 0.717) is 40.7 Å². The van der Waals surface area contributed by atoms with Gasteiger partial charge in [0, 0.05) is 18.3 Å². The zero-order valence-corrected chi connectivity index (χ0v) is 21.9. The molecule has 39 heavy (non-hydrogen) atoms. The van der Waals surface area contributed by atoms with E-state index < -0.39 is 11.8 Å². The molecule has 204 valence electrons. The number of ether oxygens (including phenoxy) is 4. The fourth-order valence-corrected chi connectivity index (χ4v) is 3.35. The Morgan fingerprint density at radius 2 is 1.59 bits per heavy atom. The highest BCUT2D eigenvalue weighted by molar-refractivity contribution is 6.35. The largest absolute Gasteiger partial charge is 0.497 e. The summed E-state index contributed by atoms with van der Waals surface area (Å²) in [7, 11) is 4.65. The van der Waals surface area contributed by atoms with Gasteiger partial charge in [0.25, 0.3) is 5.91 Å². The molecule has 11 heteroatoms. The number of carbonyl (C=O) groups excluding carboxylic acids is 3. The van der Waals surface area contributed by atoms with Gasteiger partial charge in [-0.25, -0.2) is 5.43 Å². The topological polar surface area (TPSA) is 137 Å². The zero-order valence-electron chi connectivity index (χ0n) is 21.9. The van der Waals surface area contributed by atoms with E-state index in [1.165, 1.54) is 6.21 Å². The number of rotatable bonds is 12. The molecule has 0 bridgehead atoms. The van der Waals surface area contributed by atoms with Crippen molar-refractivity contribution in [2.75, 3.05) is 39.8 Å². The number of amides is 3. The van der Waals surface area contributed by atoms with Crippen LogP contribution in [0.1, 0.15) is 11.1 Å². The highest BCUT2D eigenvalue weighted by Crippen LogP contribution is 2.27. The van der Waals surface area contributed by atoms with Crippen molar-refractivity contribution in [3.05, 3.63) is 77.9 Å². The number of hydrogen-bond donors (Lipinski definition) is 3. The molecule has 0 atom stereocenters. The Kier molecular flexibility index (Phi) is 10.7. The molecular weight excluding hydrogens is 504 g/mol. The van der Waals surface area contributed by atoms with Crippen molar-refractivity contribution in [1.82, 2.24) is 10.7 Å². The molecule has 3 rings (SSSR count). The third kappa shape index (κ3) is 9.08. The molecule has 3 amide bonds. The van der Waals surface area contributed by atoms with Gasteiger partial charge in [-0.15, -0.1) is 0 Å². The Labute approximate surface area is 226 Å². The fraction of sp³-hybridized carbons (Fsp3) is 0.214. The van der Waals surface area contributed by atoms with E-state index in [0.717, 1.165) is 5.56 Å². The van der Waals surface area contributed by atoms with Crippen molar-refractivity contribution in [2.45, 2.75) is 6.42 Å². The van der Waals surface area contributed by atoms with Gasteiger partial charge < -0.3 is 29.6 Å². The summed E-state index contributed by atoms with van der Waals surface area (Å²) in [5.74, 6) is 0.294. The predicted octanol–water partition coefficient (Wildman–Crippen LogP) is 2.54. The van der Waals surface area contributed by atoms with Crippen LogP contribution >= 0.6 is 0 Å². The van der Waals surface area contributed by atoms with E-state index in [4.69, 9.17) is 18.9 Å². The van der Waals surface area contributed by atoms with Crippen LogP contribution in [0.3, 0.4) is 0 Å². The average molecular weight is 535 g/mol. The van der Waals surface area contributed by atoms with Crippen molar-refractivity contribution < 1.29 is 33.3 Å². The Bertz CT molecular complexity index is 1310. The molecule has 0 aliphatic rings. The maximum absolute atomic E-state index is 12.1. The van der Waals surface area contributed by atoms with E-state index in [2.05, 4.69) is 21.2 Å². The summed E-state index contributed by atoms with van der Waals surface area (Å²) < 4.78 is 21.1. The summed E-state index contributed by atoms with van der Waals surface area (Å²) in [4.78, 5) is 36.1. The molecule has 0 unspecified atom stereocenters. The number of anilines is 1. The number of carbonyl (C=O) groups is 3. The molecular formula is C28H30N4O7. The summed E-state index contributed by atoms with van der Waals surface area (Å²) in [6, 6.07) is 19.1. The fourth-order valence-electron chi connectivity index (χ4n) is 3.35. The van der Waals surface area contributed by atoms with Gasteiger partial charge in [0.15, 0.2) is 18.1 Å². The lowest BCUT2D eigenvalue weighted by atomic mass is 10.1. The molecule has 3 aromatic carbocycles. The maximum atomic E-state index is 12.1. The van der Waals surface area contributed by atoms with Crippen LogP contribution in [0.15, 0.2) is 71.8 Å². The van der Waals surface area contributed by atoms with Crippen LogP contribution in [0.2, 0.25) is 0 Å². The summed E-state index contributed by atoms with van der Waals surface area (Å²) in [6.07, 6.45) is 1.88. The Morgan fingerprint density at radius 1 is 0.821 bits per heavy atom. The van der Waals surface area contributed by atoms with Gasteiger partial charge >= 0.3 is 11.8 Å². The molecule has 0 fully saturated rings. The minimum absolute atomic E-state index is 0.179. The highest BCUT2D eigenvalue weighted by Gasteiger charge is 2.12. The van der Waals surface area contributed by atoms with Crippen molar-refractivity contribution in [2.24, 2.45) is 5.10 Å². The van der Waals surface area contributed by atoms with Gasteiger partial charge in [-0.05, 0) is 66.1 Å². The first kappa shape index (κ1) is 28.5. The van der Waals surface area contributed by atoms with Gasteiger partial charge in [-0.1, -0.05) is 12.1 Å². The van der Waals surface area contributed by atoms with Gasteiger partial charge in [-0.2, -0.15) is 5.10 Å². The summed E-state index contributed by atoms with van der Waals surface area (Å²) in [6.45, 7) is 0.0757. The Balaban J connectivity index is 1.38. The predicted molar refractivity (Wildman–Crippen MR) is 146 cm³/mol. The first-order valence-electron chi connectivity index (χ1n) is 11.9. The van der Waals surface area contributed by atoms with Gasteiger partial charge in [-0.3, -0.25) is 14.4 Å². The van der Waals surface area contributed by atoms with Crippen molar-refractivity contribution >= 4 is 29.6 Å². The first-order valence-corrected chi connectivity index (χ1v) is 11.9. The Hall–Kier alpha value is -5.06. The van der Waals surface area contributed by atoms with Crippen LogP contribution in [0.25, 0.3) is 0 Å². The minimum atomic E-state index is -0.888. The second-order valence-corrected chi connectivity index (χ2v) is 8.03. The van der Waals surface area contributed by atoms with Crippen molar-refractivity contribution in [3.63, 3.8) is 0 Å². The Morgan fingerprint density at radius 3 is 2.31 bits per heavy atom. The number of nitrogens with zero attached hydrogens (tertiary/aromatic N) is 1. The lowest BCUT2D eigenvalue weighted by Gasteiger charge is -2.10. The van der Waals surface area contributed by atoms with Crippen molar-refractivity contribution in [1.29, 1.82) is 0 Å². The zero-order chi connectivity index (χ0) is 28.0. The number of benzene rings is 3. The van der Waals surface area contributed by atoms with E-state index in [1.54, 1.807) is 75.9 Å². The van der Waals surface area contributed by atoms with Crippen LogP contribution in [0, 0.1) is 0 Å². The van der Waals surface area contributed by atoms with E-state index in [-0.39, 0.29) is 19.1 Å². The normalized spacial score (nSPS) is 10.4. The second-order valence-electron chi connectivity index (χ2n) is 8.03. The molecule has 0 spiro atoms. The molecule has 11 nitrogen and oxygen atoms in total. The molecule has 0 heterocycles. The smallest absolute Gasteiger partial charge is 0.329 e. The van der Waals surface area contributed by atoms with Crippen LogP contribution < -0.4 is 35.0 Å². The monoisotopic (exact) mass is 534 g/mol. The first-order chi connectivity index (χ1) is 18.9. The summed E-state index contributed by atoms with van der Waals surface area (Å²) in [5.41, 5.74) is 4.35. The van der Waals surface area contributed by atoms with Gasteiger partial charge in [0.1, 0.15) is 11.5 Å². The van der Waals surface area contributed by atoms with Crippen LogP contribution in [0.5, 0.6) is 23.0 Å². The van der Waals surface area contributed by atoms with Crippen molar-refractivity contribution in [3.8, 4) is 23.0 Å². The highest BCUT2D eigenvalue weighted by atomic mass is 16.5. The molecule has 3 N–H and O–H groups in total. The third-order valence-electron chi connectivity index (χ3n) is 5.34. The molecule has 0 radical (unpaired) electrons. The number of hydrogen-bond acceptors (Lipinski definition) is 8. The number of methoxy groups -OCH3 is 3. The van der Waals surface area contributed by atoms with Crippen LogP contribution in [-0.4, -0.2) is 58.4 Å². The third-order valence-corrected chi connectivity index (χ3v) is 5.34. The number of hydrazone groups is 1.